The number of benzene rings is 3. The molecule has 7 heteroatoms. The molecule has 0 unspecified atom stereocenters. The summed E-state index contributed by atoms with van der Waals surface area (Å²) in [6.45, 7) is 0.107. The van der Waals surface area contributed by atoms with Crippen molar-refractivity contribution in [3.05, 3.63) is 101 Å². The van der Waals surface area contributed by atoms with Crippen LogP contribution >= 0.6 is 0 Å². The van der Waals surface area contributed by atoms with Crippen molar-refractivity contribution in [2.45, 2.75) is 6.54 Å². The summed E-state index contributed by atoms with van der Waals surface area (Å²) in [5.74, 6) is -1.37. The summed E-state index contributed by atoms with van der Waals surface area (Å²) in [6.07, 6.45) is 0. The van der Waals surface area contributed by atoms with Gasteiger partial charge < -0.3 is 15.5 Å². The number of hydrogen-bond donors (Lipinski definition) is 3. The summed E-state index contributed by atoms with van der Waals surface area (Å²) in [7, 11) is 0. The number of nitrogens with two attached hydrogens (primary N) is 1. The van der Waals surface area contributed by atoms with E-state index in [1.165, 1.54) is 24.3 Å². The van der Waals surface area contributed by atoms with Gasteiger partial charge in [-0.2, -0.15) is 0 Å². The Balaban J connectivity index is 1.57. The normalized spacial score (nSPS) is 10.9. The lowest BCUT2D eigenvalue weighted by Gasteiger charge is -2.12. The molecule has 3 aromatic carbocycles. The molecule has 0 saturated carbocycles. The quantitative estimate of drug-likeness (QED) is 0.334. The molecule has 30 heavy (non-hydrogen) atoms. The van der Waals surface area contributed by atoms with Crippen LogP contribution in [0.1, 0.15) is 27.2 Å². The zero-order chi connectivity index (χ0) is 21.3. The van der Waals surface area contributed by atoms with Gasteiger partial charge in [0, 0.05) is 22.1 Å². The standard InChI is InChI=1S/C23H17F2N3O2/c24-16-6-3-5-14(8-16)21(26)18-10-15(11-19(25)22(18)27)23(29)28-12-17-9-13-4-1-2-7-20(13)30-17/h1-11,26H,12,27H2,(H,28,29). The first-order chi connectivity index (χ1) is 14.4. The van der Waals surface area contributed by atoms with Gasteiger partial charge in [-0.15, -0.1) is 0 Å². The van der Waals surface area contributed by atoms with Gasteiger partial charge in [0.2, 0.25) is 0 Å². The van der Waals surface area contributed by atoms with Crippen LogP contribution < -0.4 is 11.1 Å². The first kappa shape index (κ1) is 19.3. The molecular weight excluding hydrogens is 388 g/mol. The van der Waals surface area contributed by atoms with Gasteiger partial charge in [-0.1, -0.05) is 30.3 Å². The minimum absolute atomic E-state index is 0.00559. The van der Waals surface area contributed by atoms with Gasteiger partial charge in [0.15, 0.2) is 0 Å². The van der Waals surface area contributed by atoms with E-state index >= 15 is 0 Å². The van der Waals surface area contributed by atoms with Gasteiger partial charge in [-0.05, 0) is 36.4 Å². The van der Waals surface area contributed by atoms with Crippen LogP contribution in [0.3, 0.4) is 0 Å². The molecule has 0 atom stereocenters. The molecule has 1 amide bonds. The van der Waals surface area contributed by atoms with Crippen LogP contribution in [0, 0.1) is 17.0 Å². The summed E-state index contributed by atoms with van der Waals surface area (Å²) >= 11 is 0. The summed E-state index contributed by atoms with van der Waals surface area (Å²) in [4.78, 5) is 12.6. The third-order valence-electron chi connectivity index (χ3n) is 4.67. The smallest absolute Gasteiger partial charge is 0.251 e. The topological polar surface area (TPSA) is 92.1 Å². The summed E-state index contributed by atoms with van der Waals surface area (Å²) in [5, 5.41) is 11.9. The van der Waals surface area contributed by atoms with E-state index in [1.807, 2.05) is 30.3 Å². The molecule has 1 aromatic heterocycles. The van der Waals surface area contributed by atoms with Gasteiger partial charge in [0.25, 0.3) is 5.91 Å². The van der Waals surface area contributed by atoms with Crippen molar-refractivity contribution in [3.8, 4) is 0 Å². The number of para-hydroxylation sites is 1. The van der Waals surface area contributed by atoms with E-state index in [1.54, 1.807) is 0 Å². The van der Waals surface area contributed by atoms with E-state index in [-0.39, 0.29) is 34.6 Å². The van der Waals surface area contributed by atoms with Crippen LogP contribution in [-0.4, -0.2) is 11.6 Å². The van der Waals surface area contributed by atoms with Gasteiger partial charge in [-0.25, -0.2) is 8.78 Å². The second-order valence-corrected chi connectivity index (χ2v) is 6.74. The molecule has 4 N–H and O–H groups in total. The van der Waals surface area contributed by atoms with E-state index in [0.29, 0.717) is 11.3 Å². The Morgan fingerprint density at radius 2 is 1.80 bits per heavy atom. The predicted molar refractivity (Wildman–Crippen MR) is 111 cm³/mol. The zero-order valence-electron chi connectivity index (χ0n) is 15.7. The minimum atomic E-state index is -0.831. The summed E-state index contributed by atoms with van der Waals surface area (Å²) in [5.41, 5.74) is 6.24. The van der Waals surface area contributed by atoms with Crippen molar-refractivity contribution in [2.75, 3.05) is 5.73 Å². The number of hydrogen-bond acceptors (Lipinski definition) is 4. The molecule has 5 nitrogen and oxygen atoms in total. The Morgan fingerprint density at radius 1 is 1.00 bits per heavy atom. The lowest BCUT2D eigenvalue weighted by molar-refractivity contribution is 0.0948. The molecular formula is C23H17F2N3O2. The first-order valence-corrected chi connectivity index (χ1v) is 9.12. The number of rotatable bonds is 5. The second-order valence-electron chi connectivity index (χ2n) is 6.74. The van der Waals surface area contributed by atoms with Crippen LogP contribution in [0.2, 0.25) is 0 Å². The third kappa shape index (κ3) is 3.77. The van der Waals surface area contributed by atoms with Crippen molar-refractivity contribution in [3.63, 3.8) is 0 Å². The van der Waals surface area contributed by atoms with Crippen LogP contribution in [0.5, 0.6) is 0 Å². The number of anilines is 1. The fraction of sp³-hybridized carbons (Fsp3) is 0.0435. The van der Waals surface area contributed by atoms with Gasteiger partial charge in [0.05, 0.1) is 17.9 Å². The molecule has 4 aromatic rings. The molecule has 0 aliphatic heterocycles. The monoisotopic (exact) mass is 405 g/mol. The van der Waals surface area contributed by atoms with Crippen LogP contribution in [0.25, 0.3) is 11.0 Å². The van der Waals surface area contributed by atoms with Crippen LogP contribution in [0.15, 0.2) is 71.1 Å². The van der Waals surface area contributed by atoms with Crippen LogP contribution in [-0.2, 0) is 6.54 Å². The number of nitrogen functional groups attached to an aromatic ring is 1. The Labute approximate surface area is 170 Å². The van der Waals surface area contributed by atoms with E-state index in [2.05, 4.69) is 5.32 Å². The molecule has 0 radical (unpaired) electrons. The number of nitrogens with one attached hydrogen (secondary N) is 2. The van der Waals surface area contributed by atoms with Gasteiger partial charge in [-0.3, -0.25) is 10.2 Å². The number of halogens is 2. The number of furan rings is 1. The van der Waals surface area contributed by atoms with Crippen LogP contribution in [0.4, 0.5) is 14.5 Å². The number of carbonyl (C=O) groups is 1. The minimum Gasteiger partial charge on any atom is -0.459 e. The average Bonchev–Trinajstić information content (AvgIpc) is 3.16. The molecule has 0 aliphatic rings. The lowest BCUT2D eigenvalue weighted by atomic mass is 9.98. The largest absolute Gasteiger partial charge is 0.459 e. The molecule has 0 fully saturated rings. The Bertz CT molecular complexity index is 1250. The second kappa shape index (κ2) is 7.79. The number of amides is 1. The fourth-order valence-corrected chi connectivity index (χ4v) is 3.15. The van der Waals surface area contributed by atoms with E-state index < -0.39 is 17.5 Å². The van der Waals surface area contributed by atoms with Crippen molar-refractivity contribution in [1.82, 2.24) is 5.32 Å². The Morgan fingerprint density at radius 3 is 2.57 bits per heavy atom. The number of fused-ring (bicyclic) bond motifs is 1. The third-order valence-corrected chi connectivity index (χ3v) is 4.67. The summed E-state index contributed by atoms with van der Waals surface area (Å²) < 4.78 is 33.5. The molecule has 1 heterocycles. The van der Waals surface area contributed by atoms with Gasteiger partial charge >= 0.3 is 0 Å². The number of carbonyl (C=O) groups excluding carboxylic acids is 1. The zero-order valence-corrected chi connectivity index (χ0v) is 15.7. The van der Waals surface area contributed by atoms with Crippen molar-refractivity contribution in [1.29, 1.82) is 5.41 Å². The average molecular weight is 405 g/mol. The lowest BCUT2D eigenvalue weighted by Crippen LogP contribution is -2.23. The van der Waals surface area contributed by atoms with E-state index in [0.717, 1.165) is 17.5 Å². The Hall–Kier alpha value is -4.00. The predicted octanol–water partition coefficient (Wildman–Crippen LogP) is 4.64. The molecule has 0 bridgehead atoms. The van der Waals surface area contributed by atoms with E-state index in [9.17, 15) is 13.6 Å². The molecule has 150 valence electrons. The Kier molecular flexibility index (Phi) is 5.02. The maximum Gasteiger partial charge on any atom is 0.251 e. The first-order valence-electron chi connectivity index (χ1n) is 9.12. The molecule has 4 rings (SSSR count). The molecule has 0 saturated heterocycles. The fourth-order valence-electron chi connectivity index (χ4n) is 3.15. The molecule has 0 spiro atoms. The highest BCUT2D eigenvalue weighted by molar-refractivity contribution is 6.15. The highest BCUT2D eigenvalue weighted by Gasteiger charge is 2.18. The highest BCUT2D eigenvalue weighted by atomic mass is 19.1. The summed E-state index contributed by atoms with van der Waals surface area (Å²) in [6, 6.07) is 16.9. The van der Waals surface area contributed by atoms with Crippen molar-refractivity contribution >= 4 is 28.3 Å². The SMILES string of the molecule is N=C(c1cccc(F)c1)c1cc(C(=O)NCc2cc3ccccc3o2)cc(F)c1N. The molecule has 0 aliphatic carbocycles. The van der Waals surface area contributed by atoms with Gasteiger partial charge in [0.1, 0.15) is 23.0 Å². The maximum atomic E-state index is 14.4. The highest BCUT2D eigenvalue weighted by Crippen LogP contribution is 2.23. The van der Waals surface area contributed by atoms with E-state index in [4.69, 9.17) is 15.6 Å². The van der Waals surface area contributed by atoms with Crippen molar-refractivity contribution in [2.24, 2.45) is 0 Å². The van der Waals surface area contributed by atoms with Crippen molar-refractivity contribution < 1.29 is 18.0 Å². The maximum absolute atomic E-state index is 14.4.